The quantitative estimate of drug-likeness (QED) is 0.417. The number of carbonyl (C=O) groups is 1. The second kappa shape index (κ2) is 7.38. The molecule has 0 aliphatic heterocycles. The summed E-state index contributed by atoms with van der Waals surface area (Å²) in [5.74, 6) is 0.0878. The molecule has 2 saturated carbocycles. The van der Waals surface area contributed by atoms with Crippen LogP contribution >= 0.6 is 11.6 Å². The molecule has 160 valence electrons. The fraction of sp³-hybridized carbons (Fsp3) is 0.458. The second-order valence-corrected chi connectivity index (χ2v) is 9.80. The summed E-state index contributed by atoms with van der Waals surface area (Å²) in [6.45, 7) is 7.08. The van der Waals surface area contributed by atoms with Gasteiger partial charge in [0.25, 0.3) is 0 Å². The summed E-state index contributed by atoms with van der Waals surface area (Å²) in [4.78, 5) is 12.9. The fourth-order valence-electron chi connectivity index (χ4n) is 5.20. The van der Waals surface area contributed by atoms with Gasteiger partial charge in [0, 0.05) is 28.2 Å². The van der Waals surface area contributed by atoms with Crippen molar-refractivity contribution in [3.8, 4) is 11.5 Å². The van der Waals surface area contributed by atoms with Crippen LogP contribution in [-0.4, -0.2) is 22.3 Å². The van der Waals surface area contributed by atoms with E-state index >= 15 is 0 Å². The van der Waals surface area contributed by atoms with Gasteiger partial charge in [0.2, 0.25) is 0 Å². The molecule has 0 saturated heterocycles. The van der Waals surface area contributed by atoms with Crippen LogP contribution in [0, 0.1) is 16.7 Å². The maximum absolute atomic E-state index is 12.9. The molecule has 0 amide bonds. The zero-order valence-corrected chi connectivity index (χ0v) is 18.3. The molecule has 5 nitrogen and oxygen atoms in total. The van der Waals surface area contributed by atoms with Crippen LogP contribution in [-0.2, 0) is 11.3 Å². The number of aromatic hydroxyl groups is 2. The highest BCUT2D eigenvalue weighted by molar-refractivity contribution is 6.30. The highest BCUT2D eigenvalue weighted by Crippen LogP contribution is 2.66. The molecule has 0 aromatic heterocycles. The Labute approximate surface area is 182 Å². The van der Waals surface area contributed by atoms with Crippen LogP contribution in [0.2, 0.25) is 5.02 Å². The Hall–Kier alpha value is -2.40. The Morgan fingerprint density at radius 1 is 1.17 bits per heavy atom. The minimum atomic E-state index is -0.503. The minimum Gasteiger partial charge on any atom is -0.508 e. The van der Waals surface area contributed by atoms with Gasteiger partial charge in [-0.2, -0.15) is 0 Å². The molecule has 0 heterocycles. The van der Waals surface area contributed by atoms with Crippen molar-refractivity contribution in [2.45, 2.75) is 52.7 Å². The molecule has 0 radical (unpaired) electrons. The Morgan fingerprint density at radius 2 is 1.90 bits per heavy atom. The lowest BCUT2D eigenvalue weighted by Gasteiger charge is -2.38. The van der Waals surface area contributed by atoms with E-state index in [4.69, 9.17) is 16.3 Å². The summed E-state index contributed by atoms with van der Waals surface area (Å²) in [5, 5.41) is 23.9. The van der Waals surface area contributed by atoms with Gasteiger partial charge in [-0.05, 0) is 67.0 Å². The highest BCUT2D eigenvalue weighted by atomic mass is 35.5. The van der Waals surface area contributed by atoms with Gasteiger partial charge in [-0.1, -0.05) is 32.4 Å². The lowest BCUT2D eigenvalue weighted by atomic mass is 9.70. The van der Waals surface area contributed by atoms with Crippen LogP contribution in [0.25, 0.3) is 0 Å². The van der Waals surface area contributed by atoms with E-state index < -0.39 is 5.97 Å². The van der Waals surface area contributed by atoms with Crippen molar-refractivity contribution in [3.63, 3.8) is 0 Å². The average molecular weight is 430 g/mol. The first-order valence-corrected chi connectivity index (χ1v) is 10.7. The number of benzene rings is 2. The molecule has 0 spiro atoms. The number of carbonyl (C=O) groups excluding carboxylic acids is 1. The minimum absolute atomic E-state index is 0.0388. The van der Waals surface area contributed by atoms with Crippen LogP contribution in [0.5, 0.6) is 11.5 Å². The van der Waals surface area contributed by atoms with Crippen LogP contribution in [0.15, 0.2) is 36.4 Å². The van der Waals surface area contributed by atoms with Gasteiger partial charge >= 0.3 is 5.97 Å². The number of ether oxygens (including phenoxy) is 1. The number of halogens is 1. The number of phenols is 2. The first kappa shape index (κ1) is 20.9. The van der Waals surface area contributed by atoms with Crippen molar-refractivity contribution < 1.29 is 19.7 Å². The van der Waals surface area contributed by atoms with Crippen molar-refractivity contribution in [2.75, 3.05) is 5.32 Å². The third-order valence-corrected chi connectivity index (χ3v) is 7.94. The van der Waals surface area contributed by atoms with E-state index in [0.717, 1.165) is 12.8 Å². The van der Waals surface area contributed by atoms with E-state index in [1.165, 1.54) is 18.6 Å². The summed E-state index contributed by atoms with van der Waals surface area (Å²) in [6, 6.07) is 9.57. The zero-order valence-electron chi connectivity index (χ0n) is 17.5. The van der Waals surface area contributed by atoms with E-state index in [1.807, 2.05) is 0 Å². The van der Waals surface area contributed by atoms with Crippen LogP contribution in [0.1, 0.15) is 56.0 Å². The molecule has 30 heavy (non-hydrogen) atoms. The van der Waals surface area contributed by atoms with Gasteiger partial charge in [0.15, 0.2) is 0 Å². The third kappa shape index (κ3) is 3.39. The maximum Gasteiger partial charge on any atom is 0.342 e. The summed E-state index contributed by atoms with van der Waals surface area (Å²) in [5.41, 5.74) is 1.51. The topological polar surface area (TPSA) is 78.8 Å². The number of phenolic OH excluding ortho intramolecular Hbond substituents is 2. The number of rotatable bonds is 5. The first-order chi connectivity index (χ1) is 14.1. The molecular weight excluding hydrogens is 402 g/mol. The molecule has 4 rings (SSSR count). The smallest absolute Gasteiger partial charge is 0.342 e. The number of nitrogens with one attached hydrogen (secondary N) is 1. The predicted molar refractivity (Wildman–Crippen MR) is 117 cm³/mol. The Bertz CT molecular complexity index is 989. The molecule has 3 atom stereocenters. The first-order valence-electron chi connectivity index (χ1n) is 10.4. The standard InChI is InChI=1S/C24H28ClNO4/c1-23(2)15-8-9-24(23,3)21(11-15)30-22(29)18-12-17(5-7-20(18)28)26-13-14-10-16(25)4-6-19(14)27/h4-7,10,12,15,21,26-28H,8-9,11,13H2,1-3H3. The van der Waals surface area contributed by atoms with Crippen LogP contribution in [0.3, 0.4) is 0 Å². The van der Waals surface area contributed by atoms with Crippen molar-refractivity contribution in [3.05, 3.63) is 52.5 Å². The number of hydrogen-bond donors (Lipinski definition) is 3. The largest absolute Gasteiger partial charge is 0.508 e. The SMILES string of the molecule is CC1(C)C2CCC1(C)C(OC(=O)c1cc(NCc3cc(Cl)ccc3O)ccc1O)C2. The van der Waals surface area contributed by atoms with Crippen molar-refractivity contribution >= 4 is 23.3 Å². The fourth-order valence-corrected chi connectivity index (χ4v) is 5.40. The Kier molecular flexibility index (Phi) is 5.13. The van der Waals surface area contributed by atoms with Crippen molar-refractivity contribution in [2.24, 2.45) is 16.7 Å². The second-order valence-electron chi connectivity index (χ2n) is 9.36. The Balaban J connectivity index is 1.48. The number of fused-ring (bicyclic) bond motifs is 2. The van der Waals surface area contributed by atoms with E-state index in [0.29, 0.717) is 28.7 Å². The summed E-state index contributed by atoms with van der Waals surface area (Å²) in [6.07, 6.45) is 2.97. The van der Waals surface area contributed by atoms with Gasteiger partial charge in [-0.3, -0.25) is 0 Å². The summed E-state index contributed by atoms with van der Waals surface area (Å²) in [7, 11) is 0. The van der Waals surface area contributed by atoms with Gasteiger partial charge in [-0.25, -0.2) is 4.79 Å². The van der Waals surface area contributed by atoms with Gasteiger partial charge in [0.1, 0.15) is 23.2 Å². The normalized spacial score (nSPS) is 26.5. The highest BCUT2D eigenvalue weighted by Gasteiger charge is 2.62. The monoisotopic (exact) mass is 429 g/mol. The van der Waals surface area contributed by atoms with E-state index in [1.54, 1.807) is 24.3 Å². The molecule has 2 fully saturated rings. The van der Waals surface area contributed by atoms with E-state index in [9.17, 15) is 15.0 Å². The molecule has 2 bridgehead atoms. The van der Waals surface area contributed by atoms with Crippen LogP contribution in [0.4, 0.5) is 5.69 Å². The van der Waals surface area contributed by atoms with Crippen molar-refractivity contribution in [1.82, 2.24) is 0 Å². The van der Waals surface area contributed by atoms with Gasteiger partial charge in [-0.15, -0.1) is 0 Å². The zero-order chi connectivity index (χ0) is 21.7. The summed E-state index contributed by atoms with van der Waals surface area (Å²) < 4.78 is 5.92. The summed E-state index contributed by atoms with van der Waals surface area (Å²) >= 11 is 5.99. The Morgan fingerprint density at radius 3 is 2.57 bits per heavy atom. The van der Waals surface area contributed by atoms with Gasteiger partial charge in [0.05, 0.1) is 0 Å². The molecule has 3 unspecified atom stereocenters. The molecule has 2 aliphatic rings. The van der Waals surface area contributed by atoms with Crippen LogP contribution < -0.4 is 5.32 Å². The number of anilines is 1. The van der Waals surface area contributed by atoms with E-state index in [2.05, 4.69) is 26.1 Å². The molecular formula is C24H28ClNO4. The predicted octanol–water partition coefficient (Wildman–Crippen LogP) is 5.73. The average Bonchev–Trinajstić information content (AvgIpc) is 3.03. The molecule has 2 aromatic rings. The number of hydrogen-bond acceptors (Lipinski definition) is 5. The number of esters is 1. The molecule has 2 aliphatic carbocycles. The molecule has 2 aromatic carbocycles. The lowest BCUT2D eigenvalue weighted by Crippen LogP contribution is -2.38. The van der Waals surface area contributed by atoms with E-state index in [-0.39, 0.29) is 34.0 Å². The molecule has 6 heteroatoms. The maximum atomic E-state index is 12.9. The third-order valence-electron chi connectivity index (χ3n) is 7.70. The van der Waals surface area contributed by atoms with Crippen molar-refractivity contribution in [1.29, 1.82) is 0 Å². The lowest BCUT2D eigenvalue weighted by molar-refractivity contribution is -0.0244. The molecule has 3 N–H and O–H groups in total. The van der Waals surface area contributed by atoms with Gasteiger partial charge < -0.3 is 20.3 Å².